The van der Waals surface area contributed by atoms with Crippen LogP contribution in [0, 0.1) is 0 Å². The highest BCUT2D eigenvalue weighted by Crippen LogP contribution is 2.34. The summed E-state index contributed by atoms with van der Waals surface area (Å²) in [7, 11) is 0. The second-order valence-corrected chi connectivity index (χ2v) is 5.54. The van der Waals surface area contributed by atoms with E-state index >= 15 is 0 Å². The van der Waals surface area contributed by atoms with Crippen molar-refractivity contribution < 1.29 is 0 Å². The fraction of sp³-hybridized carbons (Fsp3) is 0.263. The summed E-state index contributed by atoms with van der Waals surface area (Å²) in [6.45, 7) is 2.25. The van der Waals surface area contributed by atoms with Crippen LogP contribution in [0.4, 0.5) is 0 Å². The van der Waals surface area contributed by atoms with Gasteiger partial charge < -0.3 is 0 Å². The Morgan fingerprint density at radius 3 is 2.53 bits per heavy atom. The van der Waals surface area contributed by atoms with E-state index < -0.39 is 0 Å². The zero-order valence-corrected chi connectivity index (χ0v) is 11.5. The first-order valence-corrected chi connectivity index (χ1v) is 7.13. The van der Waals surface area contributed by atoms with Crippen molar-refractivity contribution in [2.24, 2.45) is 0 Å². The number of fused-ring (bicyclic) bond motifs is 1. The predicted octanol–water partition coefficient (Wildman–Crippen LogP) is 5.21. The maximum atomic E-state index is 2.36. The molecule has 19 heavy (non-hydrogen) atoms. The van der Waals surface area contributed by atoms with E-state index in [0.29, 0.717) is 5.92 Å². The van der Waals surface area contributed by atoms with Gasteiger partial charge in [0.05, 0.1) is 0 Å². The third-order valence-electron chi connectivity index (χ3n) is 4.05. The summed E-state index contributed by atoms with van der Waals surface area (Å²) in [5, 5.41) is 0. The summed E-state index contributed by atoms with van der Waals surface area (Å²) in [5.41, 5.74) is 5.88. The Balaban J connectivity index is 1.92. The number of allylic oxidation sites excluding steroid dienone is 1. The molecule has 96 valence electrons. The maximum Gasteiger partial charge on any atom is -0.0113 e. The molecule has 0 amide bonds. The summed E-state index contributed by atoms with van der Waals surface area (Å²) in [4.78, 5) is 0. The molecule has 1 unspecified atom stereocenters. The topological polar surface area (TPSA) is 0 Å². The lowest BCUT2D eigenvalue weighted by atomic mass is 9.87. The van der Waals surface area contributed by atoms with E-state index in [1.165, 1.54) is 35.1 Å². The Kier molecular flexibility index (Phi) is 3.50. The van der Waals surface area contributed by atoms with Crippen LogP contribution in [0.5, 0.6) is 0 Å². The highest BCUT2D eigenvalue weighted by molar-refractivity contribution is 5.58. The van der Waals surface area contributed by atoms with Crippen LogP contribution in [0.3, 0.4) is 0 Å². The van der Waals surface area contributed by atoms with Crippen molar-refractivity contribution in [2.45, 2.75) is 32.1 Å². The molecule has 1 aliphatic carbocycles. The van der Waals surface area contributed by atoms with Crippen LogP contribution in [-0.4, -0.2) is 0 Å². The molecule has 0 heterocycles. The van der Waals surface area contributed by atoms with E-state index in [9.17, 15) is 0 Å². The summed E-state index contributed by atoms with van der Waals surface area (Å²) >= 11 is 0. The smallest absolute Gasteiger partial charge is 0.0113 e. The van der Waals surface area contributed by atoms with Crippen LogP contribution in [0.1, 0.15) is 42.4 Å². The lowest BCUT2D eigenvalue weighted by Gasteiger charge is -2.17. The molecule has 2 aromatic carbocycles. The molecule has 0 heteroatoms. The van der Waals surface area contributed by atoms with E-state index in [1.54, 1.807) is 0 Å². The molecule has 1 aliphatic rings. The molecule has 2 aromatic rings. The van der Waals surface area contributed by atoms with Gasteiger partial charge in [-0.2, -0.15) is 0 Å². The van der Waals surface area contributed by atoms with Crippen LogP contribution in [0.2, 0.25) is 0 Å². The van der Waals surface area contributed by atoms with Crippen molar-refractivity contribution in [3.8, 4) is 0 Å². The van der Waals surface area contributed by atoms with Gasteiger partial charge in [0.1, 0.15) is 0 Å². The SMILES string of the molecule is CC1=Cc2ccccc2C(Cc2ccccc2)CC1. The second-order valence-electron chi connectivity index (χ2n) is 5.54. The quantitative estimate of drug-likeness (QED) is 0.684. The number of benzene rings is 2. The molecule has 0 bridgehead atoms. The monoisotopic (exact) mass is 248 g/mol. The van der Waals surface area contributed by atoms with Crippen molar-refractivity contribution in [3.63, 3.8) is 0 Å². The molecule has 0 nitrogen and oxygen atoms in total. The molecule has 0 radical (unpaired) electrons. The van der Waals surface area contributed by atoms with Gasteiger partial charge in [0.15, 0.2) is 0 Å². The molecule has 0 aliphatic heterocycles. The Morgan fingerprint density at radius 1 is 0.947 bits per heavy atom. The largest absolute Gasteiger partial charge is 0.0727 e. The highest BCUT2D eigenvalue weighted by atomic mass is 14.2. The third kappa shape index (κ3) is 2.78. The van der Waals surface area contributed by atoms with Crippen LogP contribution >= 0.6 is 0 Å². The highest BCUT2D eigenvalue weighted by Gasteiger charge is 2.17. The first-order chi connectivity index (χ1) is 9.33. The number of rotatable bonds is 2. The van der Waals surface area contributed by atoms with Gasteiger partial charge in [0.2, 0.25) is 0 Å². The first kappa shape index (κ1) is 12.2. The fourth-order valence-electron chi connectivity index (χ4n) is 3.02. The fourth-order valence-corrected chi connectivity index (χ4v) is 3.02. The van der Waals surface area contributed by atoms with E-state index in [0.717, 1.165) is 6.42 Å². The zero-order valence-electron chi connectivity index (χ0n) is 11.5. The minimum Gasteiger partial charge on any atom is -0.0727 e. The first-order valence-electron chi connectivity index (χ1n) is 7.13. The zero-order chi connectivity index (χ0) is 13.1. The standard InChI is InChI=1S/C19H20/c1-15-11-12-18(14-16-7-3-2-4-8-16)19-10-6-5-9-17(19)13-15/h2-10,13,18H,11-12,14H2,1H3. The molecule has 0 spiro atoms. The third-order valence-corrected chi connectivity index (χ3v) is 4.05. The van der Waals surface area contributed by atoms with Crippen molar-refractivity contribution in [1.82, 2.24) is 0 Å². The van der Waals surface area contributed by atoms with E-state index in [1.807, 2.05) is 0 Å². The normalized spacial score (nSPS) is 18.4. The molecular formula is C19H20. The second kappa shape index (κ2) is 5.44. The molecule has 0 saturated heterocycles. The van der Waals surface area contributed by atoms with E-state index in [2.05, 4.69) is 67.6 Å². The molecule has 0 aromatic heterocycles. The Morgan fingerprint density at radius 2 is 1.68 bits per heavy atom. The summed E-state index contributed by atoms with van der Waals surface area (Å²) in [6, 6.07) is 19.7. The predicted molar refractivity (Wildman–Crippen MR) is 82.2 cm³/mol. The molecule has 0 fully saturated rings. The molecular weight excluding hydrogens is 228 g/mol. The van der Waals surface area contributed by atoms with Crippen molar-refractivity contribution in [3.05, 3.63) is 76.9 Å². The molecule has 1 atom stereocenters. The van der Waals surface area contributed by atoms with Gasteiger partial charge in [0.25, 0.3) is 0 Å². The van der Waals surface area contributed by atoms with Gasteiger partial charge in [-0.15, -0.1) is 0 Å². The number of hydrogen-bond donors (Lipinski definition) is 0. The number of hydrogen-bond acceptors (Lipinski definition) is 0. The van der Waals surface area contributed by atoms with Crippen LogP contribution in [0.15, 0.2) is 60.2 Å². The maximum absolute atomic E-state index is 2.36. The Hall–Kier alpha value is -1.82. The van der Waals surface area contributed by atoms with Gasteiger partial charge >= 0.3 is 0 Å². The van der Waals surface area contributed by atoms with E-state index in [4.69, 9.17) is 0 Å². The minimum atomic E-state index is 0.646. The van der Waals surface area contributed by atoms with Gasteiger partial charge in [-0.3, -0.25) is 0 Å². The summed E-state index contributed by atoms with van der Waals surface area (Å²) < 4.78 is 0. The van der Waals surface area contributed by atoms with Crippen LogP contribution < -0.4 is 0 Å². The van der Waals surface area contributed by atoms with E-state index in [-0.39, 0.29) is 0 Å². The van der Waals surface area contributed by atoms with Crippen LogP contribution in [0.25, 0.3) is 6.08 Å². The Bertz CT molecular complexity index is 578. The molecule has 0 saturated carbocycles. The van der Waals surface area contributed by atoms with Gasteiger partial charge in [-0.25, -0.2) is 0 Å². The molecule has 3 rings (SSSR count). The Labute approximate surface area is 115 Å². The van der Waals surface area contributed by atoms with Crippen LogP contribution in [-0.2, 0) is 6.42 Å². The van der Waals surface area contributed by atoms with Crippen molar-refractivity contribution in [2.75, 3.05) is 0 Å². The average molecular weight is 248 g/mol. The van der Waals surface area contributed by atoms with Gasteiger partial charge in [-0.05, 0) is 48.8 Å². The lowest BCUT2D eigenvalue weighted by molar-refractivity contribution is 0.624. The lowest BCUT2D eigenvalue weighted by Crippen LogP contribution is -2.03. The molecule has 0 N–H and O–H groups in total. The van der Waals surface area contributed by atoms with Crippen molar-refractivity contribution in [1.29, 1.82) is 0 Å². The minimum absolute atomic E-state index is 0.646. The van der Waals surface area contributed by atoms with Gasteiger partial charge in [0, 0.05) is 0 Å². The van der Waals surface area contributed by atoms with Gasteiger partial charge in [-0.1, -0.05) is 66.2 Å². The summed E-state index contributed by atoms with van der Waals surface area (Å²) in [6.07, 6.45) is 5.99. The van der Waals surface area contributed by atoms with Crippen molar-refractivity contribution >= 4 is 6.08 Å². The average Bonchev–Trinajstić information content (AvgIpc) is 2.60. The summed E-state index contributed by atoms with van der Waals surface area (Å²) in [5.74, 6) is 0.646.